The molecular weight excluding hydrogens is 430 g/mol. The Balaban J connectivity index is 1.59. The van der Waals surface area contributed by atoms with Crippen molar-refractivity contribution in [3.05, 3.63) is 106 Å². The Morgan fingerprint density at radius 1 is 0.853 bits per heavy atom. The van der Waals surface area contributed by atoms with Gasteiger partial charge in [0.25, 0.3) is 0 Å². The maximum Gasteiger partial charge on any atom is 0.208 e. The maximum absolute atomic E-state index is 13.3. The van der Waals surface area contributed by atoms with Crippen LogP contribution >= 0.6 is 0 Å². The molecule has 6 rings (SSSR count). The second kappa shape index (κ2) is 7.25. The molecule has 0 bridgehead atoms. The zero-order valence-corrected chi connectivity index (χ0v) is 18.1. The van der Waals surface area contributed by atoms with Crippen LogP contribution in [0.1, 0.15) is 49.1 Å². The molecule has 2 aliphatic rings. The summed E-state index contributed by atoms with van der Waals surface area (Å²) in [6.45, 7) is 1.91. The fraction of sp³-hybridized carbons (Fsp3) is 0.111. The van der Waals surface area contributed by atoms with Crippen molar-refractivity contribution >= 4 is 17.3 Å². The average molecular weight is 449 g/mol. The van der Waals surface area contributed by atoms with Gasteiger partial charge in [0.1, 0.15) is 12.0 Å². The number of ketones is 2. The first-order valence-electron chi connectivity index (χ1n) is 10.9. The molecule has 1 unspecified atom stereocenters. The summed E-state index contributed by atoms with van der Waals surface area (Å²) in [4.78, 5) is 35.7. The van der Waals surface area contributed by atoms with Crippen LogP contribution in [0.4, 0.5) is 0 Å². The number of aliphatic imine (C=N–C) groups is 1. The summed E-state index contributed by atoms with van der Waals surface area (Å²) in [6.07, 6.45) is 1.61. The minimum Gasteiger partial charge on any atom is -0.494 e. The van der Waals surface area contributed by atoms with E-state index in [1.807, 2.05) is 25.1 Å². The van der Waals surface area contributed by atoms with Gasteiger partial charge in [0.15, 0.2) is 11.6 Å². The van der Waals surface area contributed by atoms with Gasteiger partial charge >= 0.3 is 0 Å². The molecule has 166 valence electrons. The maximum atomic E-state index is 13.3. The van der Waals surface area contributed by atoms with Gasteiger partial charge in [-0.25, -0.2) is 0 Å². The van der Waals surface area contributed by atoms with Gasteiger partial charge in [-0.2, -0.15) is 0 Å². The number of Topliss-reactive ketones (excluding diaryl/α,β-unsaturated/α-hetero) is 2. The second-order valence-corrected chi connectivity index (χ2v) is 8.49. The van der Waals surface area contributed by atoms with Crippen LogP contribution in [-0.2, 0) is 0 Å². The van der Waals surface area contributed by atoms with Crippen molar-refractivity contribution in [3.63, 3.8) is 0 Å². The second-order valence-electron chi connectivity index (χ2n) is 8.49. The number of nitrogens with zero attached hydrogens (tertiary/aromatic N) is 3. The van der Waals surface area contributed by atoms with E-state index < -0.39 is 12.0 Å². The van der Waals surface area contributed by atoms with Gasteiger partial charge < -0.3 is 10.2 Å². The number of hydrogen-bond acceptors (Lipinski definition) is 6. The molecule has 3 heterocycles. The van der Waals surface area contributed by atoms with Crippen LogP contribution in [-0.4, -0.2) is 37.0 Å². The quantitative estimate of drug-likeness (QED) is 0.457. The smallest absolute Gasteiger partial charge is 0.208 e. The first-order valence-corrected chi connectivity index (χ1v) is 10.9. The van der Waals surface area contributed by atoms with E-state index >= 15 is 0 Å². The van der Waals surface area contributed by atoms with Gasteiger partial charge in [-0.1, -0.05) is 42.5 Å². The Morgan fingerprint density at radius 3 is 2.21 bits per heavy atom. The van der Waals surface area contributed by atoms with Crippen molar-refractivity contribution in [3.8, 4) is 17.4 Å². The number of pyridine rings is 1. The highest BCUT2D eigenvalue weighted by Crippen LogP contribution is 2.49. The van der Waals surface area contributed by atoms with Gasteiger partial charge in [-0.05, 0) is 36.8 Å². The lowest BCUT2D eigenvalue weighted by atomic mass is 9.92. The largest absolute Gasteiger partial charge is 0.494 e. The van der Waals surface area contributed by atoms with E-state index in [9.17, 15) is 19.8 Å². The van der Waals surface area contributed by atoms with Gasteiger partial charge in [-0.3, -0.25) is 24.1 Å². The molecule has 0 amide bonds. The molecule has 7 nitrogen and oxygen atoms in total. The molecule has 2 aromatic carbocycles. The van der Waals surface area contributed by atoms with Crippen LogP contribution in [0, 0.1) is 12.8 Å². The molecule has 1 aliphatic heterocycles. The Hall–Kier alpha value is -4.52. The molecule has 0 saturated carbocycles. The summed E-state index contributed by atoms with van der Waals surface area (Å²) in [5.74, 6) is -2.40. The first kappa shape index (κ1) is 20.1. The van der Waals surface area contributed by atoms with Gasteiger partial charge in [0, 0.05) is 17.3 Å². The number of aryl methyl sites for hydroxylation is 1. The zero-order valence-electron chi connectivity index (χ0n) is 18.1. The van der Waals surface area contributed by atoms with Crippen LogP contribution in [0.2, 0.25) is 0 Å². The third-order valence-electron chi connectivity index (χ3n) is 6.44. The first-order chi connectivity index (χ1) is 16.5. The molecule has 0 fully saturated rings. The molecule has 0 radical (unpaired) electrons. The lowest BCUT2D eigenvalue weighted by Gasteiger charge is -2.13. The Kier molecular flexibility index (Phi) is 4.29. The fourth-order valence-electron chi connectivity index (χ4n) is 4.92. The fourth-order valence-corrected chi connectivity index (χ4v) is 4.92. The topological polar surface area (TPSA) is 105 Å². The molecule has 1 aliphatic carbocycles. The third-order valence-corrected chi connectivity index (χ3v) is 6.44. The van der Waals surface area contributed by atoms with Gasteiger partial charge in [0.2, 0.25) is 11.8 Å². The van der Waals surface area contributed by atoms with Crippen molar-refractivity contribution in [1.29, 1.82) is 0 Å². The summed E-state index contributed by atoms with van der Waals surface area (Å²) in [5.41, 5.74) is 3.38. The zero-order chi connectivity index (χ0) is 23.6. The minimum absolute atomic E-state index is 0.149. The normalized spacial score (nSPS) is 17.1. The number of aromatic nitrogens is 2. The number of carbonyl (C=O) groups is 2. The SMILES string of the molecule is Cc1cccc(-n2c(O)c3c(c2O)C(c2ccccn2)N=C3C2C(=O)c3ccccc3C2=O)c1. The van der Waals surface area contributed by atoms with Crippen molar-refractivity contribution in [1.82, 2.24) is 9.55 Å². The van der Waals surface area contributed by atoms with Crippen molar-refractivity contribution in [2.24, 2.45) is 10.9 Å². The van der Waals surface area contributed by atoms with E-state index in [0.29, 0.717) is 28.1 Å². The van der Waals surface area contributed by atoms with E-state index in [2.05, 4.69) is 4.98 Å². The van der Waals surface area contributed by atoms with Gasteiger partial charge in [-0.15, -0.1) is 0 Å². The summed E-state index contributed by atoms with van der Waals surface area (Å²) in [5, 5.41) is 22.6. The molecule has 0 saturated heterocycles. The standard InChI is InChI=1S/C27H19N3O4/c1-14-7-6-8-15(13-14)30-26(33)19-20(27(30)34)23(29-22(19)18-11-4-5-12-28-18)21-24(31)16-9-2-3-10-17(16)25(21)32/h2-13,21-22,33-34H,1H3. The van der Waals surface area contributed by atoms with E-state index in [0.717, 1.165) is 5.56 Å². The number of carbonyl (C=O) groups excluding carboxylic acids is 2. The molecular formula is C27H19N3O4. The predicted octanol–water partition coefficient (Wildman–Crippen LogP) is 4.18. The molecule has 1 atom stereocenters. The van der Waals surface area contributed by atoms with Gasteiger partial charge in [0.05, 0.1) is 28.2 Å². The van der Waals surface area contributed by atoms with E-state index in [4.69, 9.17) is 4.99 Å². The lowest BCUT2D eigenvalue weighted by Crippen LogP contribution is -2.25. The summed E-state index contributed by atoms with van der Waals surface area (Å²) in [7, 11) is 0. The molecule has 7 heteroatoms. The molecule has 2 aromatic heterocycles. The van der Waals surface area contributed by atoms with E-state index in [-0.39, 0.29) is 34.6 Å². The number of aromatic hydroxyl groups is 2. The summed E-state index contributed by atoms with van der Waals surface area (Å²) in [6, 6.07) is 18.5. The van der Waals surface area contributed by atoms with Crippen molar-refractivity contribution in [2.45, 2.75) is 13.0 Å². The monoisotopic (exact) mass is 449 g/mol. The molecule has 4 aromatic rings. The molecule has 2 N–H and O–H groups in total. The summed E-state index contributed by atoms with van der Waals surface area (Å²) < 4.78 is 1.32. The number of fused-ring (bicyclic) bond motifs is 2. The Labute approximate surface area is 194 Å². The lowest BCUT2D eigenvalue weighted by molar-refractivity contribution is 0.0884. The highest BCUT2D eigenvalue weighted by molar-refractivity contribution is 6.39. The van der Waals surface area contributed by atoms with E-state index in [1.165, 1.54) is 4.57 Å². The van der Waals surface area contributed by atoms with Crippen molar-refractivity contribution in [2.75, 3.05) is 0 Å². The van der Waals surface area contributed by atoms with Crippen LogP contribution in [0.5, 0.6) is 11.8 Å². The predicted molar refractivity (Wildman–Crippen MR) is 125 cm³/mol. The van der Waals surface area contributed by atoms with Crippen LogP contribution in [0.15, 0.2) is 77.9 Å². The van der Waals surface area contributed by atoms with Crippen LogP contribution in [0.3, 0.4) is 0 Å². The van der Waals surface area contributed by atoms with Crippen LogP contribution < -0.4 is 0 Å². The van der Waals surface area contributed by atoms with E-state index in [1.54, 1.807) is 54.7 Å². The number of hydrogen-bond donors (Lipinski definition) is 2. The Morgan fingerprint density at radius 2 is 1.56 bits per heavy atom. The average Bonchev–Trinajstić information content (AvgIpc) is 3.44. The minimum atomic E-state index is -1.19. The highest BCUT2D eigenvalue weighted by Gasteiger charge is 2.48. The number of rotatable bonds is 3. The Bertz CT molecular complexity index is 1500. The summed E-state index contributed by atoms with van der Waals surface area (Å²) >= 11 is 0. The third kappa shape index (κ3) is 2.70. The molecule has 0 spiro atoms. The van der Waals surface area contributed by atoms with Crippen molar-refractivity contribution < 1.29 is 19.8 Å². The number of benzene rings is 2. The van der Waals surface area contributed by atoms with Crippen LogP contribution in [0.25, 0.3) is 5.69 Å². The highest BCUT2D eigenvalue weighted by atomic mass is 16.3. The molecule has 34 heavy (non-hydrogen) atoms.